The molecule has 0 unspecified atom stereocenters. The molecule has 0 spiro atoms. The van der Waals surface area contributed by atoms with Crippen molar-refractivity contribution >= 4 is 18.1 Å². The minimum Gasteiger partial charge on any atom is -0.489 e. The van der Waals surface area contributed by atoms with Crippen LogP contribution in [-0.2, 0) is 0 Å². The second-order valence-electron chi connectivity index (χ2n) is 3.90. The van der Waals surface area contributed by atoms with Gasteiger partial charge in [-0.05, 0) is 18.1 Å². The Labute approximate surface area is 104 Å². The molecule has 0 aliphatic carbocycles. The van der Waals surface area contributed by atoms with Crippen LogP contribution in [-0.4, -0.2) is 13.2 Å². The fourth-order valence-corrected chi connectivity index (χ4v) is 1.17. The number of rotatable bonds is 6. The van der Waals surface area contributed by atoms with Gasteiger partial charge in [0.25, 0.3) is 0 Å². The van der Waals surface area contributed by atoms with E-state index in [0.29, 0.717) is 12.5 Å². The van der Waals surface area contributed by atoms with Gasteiger partial charge in [0, 0.05) is 18.3 Å². The lowest BCUT2D eigenvalue weighted by Crippen LogP contribution is -2.07. The van der Waals surface area contributed by atoms with Crippen molar-refractivity contribution in [1.29, 1.82) is 0 Å². The Kier molecular flexibility index (Phi) is 7.48. The molecular formula is C13H20ClNO. The Morgan fingerprint density at radius 2 is 2.19 bits per heavy atom. The van der Waals surface area contributed by atoms with Crippen LogP contribution in [0.1, 0.15) is 13.8 Å². The van der Waals surface area contributed by atoms with Crippen LogP contribution >= 0.6 is 12.4 Å². The van der Waals surface area contributed by atoms with Gasteiger partial charge in [0.15, 0.2) is 0 Å². The highest BCUT2D eigenvalue weighted by molar-refractivity contribution is 5.85. The number of hydrogen-bond donors (Lipinski definition) is 1. The van der Waals surface area contributed by atoms with Gasteiger partial charge in [0.05, 0.1) is 0 Å². The first-order valence-corrected chi connectivity index (χ1v) is 5.30. The second-order valence-corrected chi connectivity index (χ2v) is 3.90. The van der Waals surface area contributed by atoms with Crippen LogP contribution in [0.4, 0.5) is 5.69 Å². The average Bonchev–Trinajstić information content (AvgIpc) is 2.24. The van der Waals surface area contributed by atoms with Crippen molar-refractivity contribution < 1.29 is 4.74 Å². The molecule has 1 aromatic rings. The Hall–Kier alpha value is -1.15. The first kappa shape index (κ1) is 14.8. The highest BCUT2D eigenvalue weighted by Gasteiger charge is 1.97. The number of ether oxygens (including phenoxy) is 1. The smallest absolute Gasteiger partial charge is 0.121 e. The third-order valence-electron chi connectivity index (χ3n) is 1.92. The standard InChI is InChI=1S/C13H19NO.ClH/c1-4-8-15-13-7-5-6-12(9-13)14-10-11(2)3;/h4-7,9,11,14H,1,8,10H2,2-3H3;1H. The van der Waals surface area contributed by atoms with Gasteiger partial charge >= 0.3 is 0 Å². The monoisotopic (exact) mass is 241 g/mol. The van der Waals surface area contributed by atoms with Crippen molar-refractivity contribution in [2.75, 3.05) is 18.5 Å². The fraction of sp³-hybridized carbons (Fsp3) is 0.385. The molecule has 0 bridgehead atoms. The van der Waals surface area contributed by atoms with Crippen LogP contribution in [0.25, 0.3) is 0 Å². The lowest BCUT2D eigenvalue weighted by molar-refractivity contribution is 0.363. The lowest BCUT2D eigenvalue weighted by atomic mass is 10.2. The van der Waals surface area contributed by atoms with Crippen molar-refractivity contribution in [2.45, 2.75) is 13.8 Å². The molecule has 0 saturated carbocycles. The number of benzene rings is 1. The molecule has 90 valence electrons. The molecular weight excluding hydrogens is 222 g/mol. The van der Waals surface area contributed by atoms with Crippen LogP contribution < -0.4 is 10.1 Å². The maximum atomic E-state index is 5.44. The molecule has 0 aliphatic rings. The molecule has 2 nitrogen and oxygen atoms in total. The van der Waals surface area contributed by atoms with Gasteiger partial charge in [-0.15, -0.1) is 12.4 Å². The van der Waals surface area contributed by atoms with E-state index in [1.54, 1.807) is 6.08 Å². The molecule has 0 aromatic heterocycles. The third-order valence-corrected chi connectivity index (χ3v) is 1.92. The molecule has 1 N–H and O–H groups in total. The Morgan fingerprint density at radius 1 is 1.44 bits per heavy atom. The van der Waals surface area contributed by atoms with E-state index >= 15 is 0 Å². The maximum Gasteiger partial charge on any atom is 0.121 e. The zero-order valence-corrected chi connectivity index (χ0v) is 10.7. The number of anilines is 1. The predicted molar refractivity (Wildman–Crippen MR) is 72.7 cm³/mol. The number of halogens is 1. The summed E-state index contributed by atoms with van der Waals surface area (Å²) in [5, 5.41) is 3.36. The van der Waals surface area contributed by atoms with Crippen LogP contribution in [0.15, 0.2) is 36.9 Å². The zero-order valence-electron chi connectivity index (χ0n) is 9.90. The molecule has 1 aromatic carbocycles. The summed E-state index contributed by atoms with van der Waals surface area (Å²) in [6, 6.07) is 7.99. The van der Waals surface area contributed by atoms with Gasteiger partial charge in [0.1, 0.15) is 12.4 Å². The third kappa shape index (κ3) is 5.66. The van der Waals surface area contributed by atoms with Gasteiger partial charge in [-0.1, -0.05) is 32.6 Å². The highest BCUT2D eigenvalue weighted by Crippen LogP contribution is 2.17. The minimum atomic E-state index is 0. The minimum absolute atomic E-state index is 0. The first-order valence-electron chi connectivity index (χ1n) is 5.30. The maximum absolute atomic E-state index is 5.44. The summed E-state index contributed by atoms with van der Waals surface area (Å²) in [6.07, 6.45) is 1.74. The number of nitrogens with one attached hydrogen (secondary N) is 1. The van der Waals surface area contributed by atoms with Crippen LogP contribution in [0.5, 0.6) is 5.75 Å². The zero-order chi connectivity index (χ0) is 11.1. The molecule has 3 heteroatoms. The van der Waals surface area contributed by atoms with Gasteiger partial charge in [-0.2, -0.15) is 0 Å². The summed E-state index contributed by atoms with van der Waals surface area (Å²) in [5.74, 6) is 1.52. The summed E-state index contributed by atoms with van der Waals surface area (Å²) in [5.41, 5.74) is 1.10. The fourth-order valence-electron chi connectivity index (χ4n) is 1.17. The van der Waals surface area contributed by atoms with Gasteiger partial charge < -0.3 is 10.1 Å². The molecule has 16 heavy (non-hydrogen) atoms. The summed E-state index contributed by atoms with van der Waals surface area (Å²) in [7, 11) is 0. The van der Waals surface area contributed by atoms with E-state index in [-0.39, 0.29) is 12.4 Å². The largest absolute Gasteiger partial charge is 0.489 e. The summed E-state index contributed by atoms with van der Waals surface area (Å²) in [6.45, 7) is 9.51. The number of hydrogen-bond acceptors (Lipinski definition) is 2. The van der Waals surface area contributed by atoms with Crippen LogP contribution in [0, 0.1) is 5.92 Å². The van der Waals surface area contributed by atoms with Crippen molar-refractivity contribution in [3.8, 4) is 5.75 Å². The van der Waals surface area contributed by atoms with Crippen molar-refractivity contribution in [2.24, 2.45) is 5.92 Å². The van der Waals surface area contributed by atoms with Crippen molar-refractivity contribution in [1.82, 2.24) is 0 Å². The Balaban J connectivity index is 0.00000225. The Morgan fingerprint density at radius 3 is 2.81 bits per heavy atom. The van der Waals surface area contributed by atoms with Crippen LogP contribution in [0.3, 0.4) is 0 Å². The lowest BCUT2D eigenvalue weighted by Gasteiger charge is -2.10. The highest BCUT2D eigenvalue weighted by atomic mass is 35.5. The van der Waals surface area contributed by atoms with E-state index < -0.39 is 0 Å². The topological polar surface area (TPSA) is 21.3 Å². The molecule has 0 radical (unpaired) electrons. The normalized spacial score (nSPS) is 9.44. The summed E-state index contributed by atoms with van der Waals surface area (Å²) >= 11 is 0. The molecule has 0 amide bonds. The molecule has 0 saturated heterocycles. The molecule has 1 rings (SSSR count). The molecule has 0 fully saturated rings. The van der Waals surface area contributed by atoms with E-state index in [9.17, 15) is 0 Å². The molecule has 0 heterocycles. The van der Waals surface area contributed by atoms with Gasteiger partial charge in [-0.3, -0.25) is 0 Å². The van der Waals surface area contributed by atoms with E-state index in [4.69, 9.17) is 4.74 Å². The predicted octanol–water partition coefficient (Wildman–Crippen LogP) is 3.74. The summed E-state index contributed by atoms with van der Waals surface area (Å²) < 4.78 is 5.44. The van der Waals surface area contributed by atoms with E-state index in [1.807, 2.05) is 24.3 Å². The Bertz CT molecular complexity index is 313. The average molecular weight is 242 g/mol. The van der Waals surface area contributed by atoms with Gasteiger partial charge in [-0.25, -0.2) is 0 Å². The SMILES string of the molecule is C=CCOc1cccc(NCC(C)C)c1.Cl. The molecule has 0 aliphatic heterocycles. The van der Waals surface area contributed by atoms with Crippen molar-refractivity contribution in [3.05, 3.63) is 36.9 Å². The van der Waals surface area contributed by atoms with E-state index in [1.165, 1.54) is 0 Å². The summed E-state index contributed by atoms with van der Waals surface area (Å²) in [4.78, 5) is 0. The van der Waals surface area contributed by atoms with E-state index in [2.05, 4.69) is 25.7 Å². The van der Waals surface area contributed by atoms with E-state index in [0.717, 1.165) is 18.0 Å². The van der Waals surface area contributed by atoms with Gasteiger partial charge in [0.2, 0.25) is 0 Å². The van der Waals surface area contributed by atoms with Crippen molar-refractivity contribution in [3.63, 3.8) is 0 Å². The molecule has 0 atom stereocenters. The quantitative estimate of drug-likeness (QED) is 0.766. The van der Waals surface area contributed by atoms with Crippen LogP contribution in [0.2, 0.25) is 0 Å². The first-order chi connectivity index (χ1) is 7.22. The second kappa shape index (κ2) is 8.05.